The summed E-state index contributed by atoms with van der Waals surface area (Å²) in [6, 6.07) is 16.6. The van der Waals surface area contributed by atoms with E-state index in [0.717, 1.165) is 54.5 Å². The number of nitrogens with zero attached hydrogens (tertiary/aromatic N) is 3. The average molecular weight is 810 g/mol. The number of rotatable bonds is 12. The van der Waals surface area contributed by atoms with E-state index in [4.69, 9.17) is 37.2 Å². The molecule has 56 heavy (non-hydrogen) atoms. The molecule has 4 aromatic rings. The fourth-order valence-electron chi connectivity index (χ4n) is 7.04. The summed E-state index contributed by atoms with van der Waals surface area (Å²) in [4.78, 5) is 44.1. The number of halogens is 4. The number of likely N-dealkylation sites (tertiary alicyclic amines) is 1. The van der Waals surface area contributed by atoms with Crippen molar-refractivity contribution in [3.8, 4) is 17.0 Å². The van der Waals surface area contributed by atoms with E-state index in [1.165, 1.54) is 6.07 Å². The molecule has 2 unspecified atom stereocenters. The first-order valence-electron chi connectivity index (χ1n) is 18.9. The molecule has 2 heterocycles. The number of aromatic nitrogens is 1. The van der Waals surface area contributed by atoms with Crippen molar-refractivity contribution in [3.63, 3.8) is 0 Å². The van der Waals surface area contributed by atoms with Gasteiger partial charge in [0.05, 0.1) is 22.9 Å². The zero-order valence-electron chi connectivity index (χ0n) is 31.5. The summed E-state index contributed by atoms with van der Waals surface area (Å²) in [6.45, 7) is 6.27. The van der Waals surface area contributed by atoms with Crippen molar-refractivity contribution in [2.24, 2.45) is 5.92 Å². The Labute approximate surface area is 334 Å². The molecule has 3 amide bonds. The summed E-state index contributed by atoms with van der Waals surface area (Å²) in [5.41, 5.74) is 1.66. The van der Waals surface area contributed by atoms with Gasteiger partial charge in [-0.15, -0.1) is 0 Å². The summed E-state index contributed by atoms with van der Waals surface area (Å²) < 4.78 is 45.4. The molecule has 2 atom stereocenters. The van der Waals surface area contributed by atoms with Crippen LogP contribution in [-0.2, 0) is 33.9 Å². The van der Waals surface area contributed by atoms with Crippen LogP contribution >= 0.6 is 23.2 Å². The second-order valence-corrected chi connectivity index (χ2v) is 16.6. The largest absolute Gasteiger partial charge is 0.486 e. The highest BCUT2D eigenvalue weighted by atomic mass is 35.5. The van der Waals surface area contributed by atoms with E-state index in [0.29, 0.717) is 23.7 Å². The van der Waals surface area contributed by atoms with Gasteiger partial charge in [-0.1, -0.05) is 52.6 Å². The Kier molecular flexibility index (Phi) is 11.6. The number of amides is 3. The lowest BCUT2D eigenvalue weighted by atomic mass is 9.79. The molecule has 1 aromatic heterocycles. The number of hydrogen-bond acceptors (Lipinski definition) is 7. The first-order chi connectivity index (χ1) is 26.7. The standard InChI is InChI=1S/C42H44Cl2F2N4O6/c1-42(2,3)55-41(53)49-17-16-31(25-5-11-29(12-6-25)54-23-30-20-36(48-56-30)38-34(45)14-15-35(46)39(38)44)32(22-49)40(52)50(28-9-10-28)21-26-18-24(4-13-33(26)43)19-37(51)47-27-7-8-27/h4-6,11-15,18,20,27-28,31-32H,7-10,16-17,19,21-23H2,1-3H3,(H,47,51). The van der Waals surface area contributed by atoms with Gasteiger partial charge in [0.2, 0.25) is 11.8 Å². The van der Waals surface area contributed by atoms with Gasteiger partial charge < -0.3 is 29.1 Å². The Balaban J connectivity index is 1.08. The first kappa shape index (κ1) is 39.6. The molecule has 14 heteroatoms. The molecule has 0 bridgehead atoms. The molecule has 2 aliphatic carbocycles. The van der Waals surface area contributed by atoms with Gasteiger partial charge in [-0.25, -0.2) is 13.6 Å². The summed E-state index contributed by atoms with van der Waals surface area (Å²) >= 11 is 12.7. The smallest absolute Gasteiger partial charge is 0.410 e. The Hall–Kier alpha value is -4.68. The topological polar surface area (TPSA) is 114 Å². The minimum atomic E-state index is -0.774. The van der Waals surface area contributed by atoms with Gasteiger partial charge in [0.15, 0.2) is 5.76 Å². The lowest BCUT2D eigenvalue weighted by Gasteiger charge is -2.40. The van der Waals surface area contributed by atoms with Crippen LogP contribution in [0.3, 0.4) is 0 Å². The number of carbonyl (C=O) groups excluding carboxylic acids is 3. The van der Waals surface area contributed by atoms with E-state index in [1.807, 2.05) is 49.9 Å². The summed E-state index contributed by atoms with van der Waals surface area (Å²) in [7, 11) is 0. The van der Waals surface area contributed by atoms with Crippen LogP contribution in [0.25, 0.3) is 11.3 Å². The predicted octanol–water partition coefficient (Wildman–Crippen LogP) is 8.86. The molecule has 1 N–H and O–H groups in total. The maximum Gasteiger partial charge on any atom is 0.410 e. The zero-order chi connectivity index (χ0) is 39.7. The van der Waals surface area contributed by atoms with E-state index < -0.39 is 34.3 Å². The lowest BCUT2D eigenvalue weighted by molar-refractivity contribution is -0.139. The van der Waals surface area contributed by atoms with Gasteiger partial charge >= 0.3 is 6.09 Å². The van der Waals surface area contributed by atoms with Crippen LogP contribution in [0.15, 0.2) is 65.2 Å². The SMILES string of the molecule is CC(C)(C)OC(=O)N1CCC(c2ccc(OCc3cc(-c4c(F)ccc(F)c4Cl)no3)cc2)C(C(=O)N(Cc2cc(CC(=O)NC3CC3)ccc2Cl)C2CC2)C1. The molecular weight excluding hydrogens is 765 g/mol. The van der Waals surface area contributed by atoms with Crippen molar-refractivity contribution in [2.45, 2.75) is 96.1 Å². The van der Waals surface area contributed by atoms with Crippen LogP contribution in [0.5, 0.6) is 5.75 Å². The Bertz CT molecular complexity index is 2100. The van der Waals surface area contributed by atoms with Gasteiger partial charge in [-0.3, -0.25) is 9.59 Å². The number of carbonyl (C=O) groups is 3. The maximum atomic E-state index is 14.8. The average Bonchev–Trinajstić information content (AvgIpc) is 4.11. The van der Waals surface area contributed by atoms with Gasteiger partial charge in [0, 0.05) is 42.8 Å². The molecule has 3 aromatic carbocycles. The van der Waals surface area contributed by atoms with Crippen molar-refractivity contribution >= 4 is 41.1 Å². The lowest BCUT2D eigenvalue weighted by Crippen LogP contribution is -2.51. The third kappa shape index (κ3) is 9.64. The summed E-state index contributed by atoms with van der Waals surface area (Å²) in [5, 5.41) is 7.00. The second-order valence-electron chi connectivity index (χ2n) is 15.8. The number of hydrogen-bond donors (Lipinski definition) is 1. The molecule has 3 fully saturated rings. The van der Waals surface area contributed by atoms with Crippen LogP contribution in [0.4, 0.5) is 13.6 Å². The molecular formula is C42H44Cl2F2N4O6. The first-order valence-corrected chi connectivity index (χ1v) is 19.7. The Morgan fingerprint density at radius 1 is 0.964 bits per heavy atom. The van der Waals surface area contributed by atoms with E-state index >= 15 is 0 Å². The number of piperidine rings is 1. The van der Waals surface area contributed by atoms with Crippen molar-refractivity contribution in [2.75, 3.05) is 13.1 Å². The van der Waals surface area contributed by atoms with Crippen LogP contribution in [0.2, 0.25) is 10.0 Å². The van der Waals surface area contributed by atoms with Crippen molar-refractivity contribution in [1.29, 1.82) is 0 Å². The van der Waals surface area contributed by atoms with Crippen LogP contribution in [-0.4, -0.2) is 63.6 Å². The highest BCUT2D eigenvalue weighted by molar-refractivity contribution is 6.33. The molecule has 0 spiro atoms. The van der Waals surface area contributed by atoms with Gasteiger partial charge in [0.25, 0.3) is 0 Å². The van der Waals surface area contributed by atoms with Crippen molar-refractivity contribution in [1.82, 2.24) is 20.3 Å². The third-order valence-electron chi connectivity index (χ3n) is 10.2. The highest BCUT2D eigenvalue weighted by Crippen LogP contribution is 2.40. The number of benzene rings is 3. The van der Waals surface area contributed by atoms with Crippen molar-refractivity contribution in [3.05, 3.63) is 105 Å². The normalized spacial score (nSPS) is 18.4. The number of ether oxygens (including phenoxy) is 2. The monoisotopic (exact) mass is 808 g/mol. The molecule has 7 rings (SSSR count). The van der Waals surface area contributed by atoms with Gasteiger partial charge in [0.1, 0.15) is 35.3 Å². The molecule has 10 nitrogen and oxygen atoms in total. The maximum absolute atomic E-state index is 14.8. The van der Waals surface area contributed by atoms with E-state index in [9.17, 15) is 23.2 Å². The van der Waals surface area contributed by atoms with E-state index in [2.05, 4.69) is 10.5 Å². The fourth-order valence-corrected chi connectivity index (χ4v) is 7.47. The quantitative estimate of drug-likeness (QED) is 0.142. The Morgan fingerprint density at radius 2 is 1.70 bits per heavy atom. The van der Waals surface area contributed by atoms with Gasteiger partial charge in [-0.05, 0) is 106 Å². The molecule has 296 valence electrons. The van der Waals surface area contributed by atoms with Crippen LogP contribution < -0.4 is 10.1 Å². The molecule has 1 aliphatic heterocycles. The fraction of sp³-hybridized carbons (Fsp3) is 0.429. The molecule has 2 saturated carbocycles. The number of nitrogens with one attached hydrogen (secondary N) is 1. The molecule has 3 aliphatic rings. The summed E-state index contributed by atoms with van der Waals surface area (Å²) in [5.74, 6) is -1.62. The highest BCUT2D eigenvalue weighted by Gasteiger charge is 2.43. The van der Waals surface area contributed by atoms with Crippen LogP contribution in [0.1, 0.15) is 81.2 Å². The van der Waals surface area contributed by atoms with E-state index in [1.54, 1.807) is 23.1 Å². The van der Waals surface area contributed by atoms with Crippen LogP contribution in [0, 0.1) is 17.6 Å². The third-order valence-corrected chi connectivity index (χ3v) is 10.9. The Morgan fingerprint density at radius 3 is 2.39 bits per heavy atom. The predicted molar refractivity (Wildman–Crippen MR) is 206 cm³/mol. The van der Waals surface area contributed by atoms with Crippen molar-refractivity contribution < 1.29 is 37.2 Å². The summed E-state index contributed by atoms with van der Waals surface area (Å²) in [6.07, 6.45) is 4.04. The molecule has 0 radical (unpaired) electrons. The molecule has 1 saturated heterocycles. The minimum Gasteiger partial charge on any atom is -0.486 e. The minimum absolute atomic E-state index is 0.0328. The second kappa shape index (κ2) is 16.4. The van der Waals surface area contributed by atoms with E-state index in [-0.39, 0.29) is 73.0 Å². The zero-order valence-corrected chi connectivity index (χ0v) is 33.0. The van der Waals surface area contributed by atoms with Gasteiger partial charge in [-0.2, -0.15) is 0 Å².